The Morgan fingerprint density at radius 3 is 2.86 bits per heavy atom. The van der Waals surface area contributed by atoms with Crippen LogP contribution in [-0.2, 0) is 4.79 Å². The maximum absolute atomic E-state index is 12.4. The number of rotatable bonds is 3. The van der Waals surface area contributed by atoms with Crippen molar-refractivity contribution in [2.45, 2.75) is 26.7 Å². The second kappa shape index (κ2) is 7.49. The van der Waals surface area contributed by atoms with Crippen LogP contribution in [0.3, 0.4) is 0 Å². The minimum atomic E-state index is -0.135. The smallest absolute Gasteiger partial charge is 0.321 e. The van der Waals surface area contributed by atoms with Crippen LogP contribution in [0.2, 0.25) is 5.02 Å². The highest BCUT2D eigenvalue weighted by molar-refractivity contribution is 6.33. The van der Waals surface area contributed by atoms with Gasteiger partial charge in [-0.15, -0.1) is 0 Å². The van der Waals surface area contributed by atoms with E-state index in [9.17, 15) is 9.59 Å². The molecule has 120 valence electrons. The fourth-order valence-electron chi connectivity index (χ4n) is 2.68. The van der Waals surface area contributed by atoms with Crippen molar-refractivity contribution in [3.05, 3.63) is 28.8 Å². The maximum atomic E-state index is 12.4. The van der Waals surface area contributed by atoms with Crippen molar-refractivity contribution in [2.24, 2.45) is 5.92 Å². The standard InChI is InChI=1S/C16H22ClN3O2/c1-11-5-3-7-14(17)15(11)19-16(22)20-8-4-6-13(10-20)9-18-12(2)21/h3,5,7,13H,4,6,8-10H2,1-2H3,(H,18,21)(H,19,22). The predicted octanol–water partition coefficient (Wildman–Crippen LogP) is 3.03. The minimum absolute atomic E-state index is 0.0340. The zero-order valence-electron chi connectivity index (χ0n) is 13.0. The third kappa shape index (κ3) is 4.37. The third-order valence-corrected chi connectivity index (χ3v) is 4.21. The van der Waals surface area contributed by atoms with Crippen LogP contribution >= 0.6 is 11.6 Å². The van der Waals surface area contributed by atoms with Crippen LogP contribution in [0.4, 0.5) is 10.5 Å². The molecule has 6 heteroatoms. The number of carbonyl (C=O) groups is 2. The highest BCUT2D eigenvalue weighted by atomic mass is 35.5. The number of urea groups is 1. The molecule has 0 saturated carbocycles. The Hall–Kier alpha value is -1.75. The topological polar surface area (TPSA) is 61.4 Å². The van der Waals surface area contributed by atoms with Crippen molar-refractivity contribution in [1.82, 2.24) is 10.2 Å². The number of halogens is 1. The Morgan fingerprint density at radius 2 is 2.18 bits per heavy atom. The van der Waals surface area contributed by atoms with Gasteiger partial charge in [0.25, 0.3) is 0 Å². The molecule has 1 heterocycles. The van der Waals surface area contributed by atoms with E-state index >= 15 is 0 Å². The highest BCUT2D eigenvalue weighted by Gasteiger charge is 2.24. The lowest BCUT2D eigenvalue weighted by molar-refractivity contribution is -0.119. The molecule has 0 radical (unpaired) electrons. The molecule has 1 aromatic rings. The molecule has 3 amide bonds. The van der Waals surface area contributed by atoms with Crippen molar-refractivity contribution >= 4 is 29.2 Å². The molecular weight excluding hydrogens is 302 g/mol. The number of carbonyl (C=O) groups excluding carboxylic acids is 2. The van der Waals surface area contributed by atoms with Gasteiger partial charge >= 0.3 is 6.03 Å². The van der Waals surface area contributed by atoms with Crippen molar-refractivity contribution in [3.8, 4) is 0 Å². The molecule has 0 bridgehead atoms. The van der Waals surface area contributed by atoms with E-state index in [2.05, 4.69) is 10.6 Å². The number of likely N-dealkylation sites (tertiary alicyclic amines) is 1. The molecule has 0 spiro atoms. The van der Waals surface area contributed by atoms with Gasteiger partial charge in [0.15, 0.2) is 0 Å². The zero-order chi connectivity index (χ0) is 16.1. The SMILES string of the molecule is CC(=O)NCC1CCCN(C(=O)Nc2c(C)cccc2Cl)C1. The molecule has 1 unspecified atom stereocenters. The van der Waals surface area contributed by atoms with E-state index in [-0.39, 0.29) is 11.9 Å². The normalized spacial score (nSPS) is 18.0. The summed E-state index contributed by atoms with van der Waals surface area (Å²) < 4.78 is 0. The number of aryl methyl sites for hydroxylation is 1. The summed E-state index contributed by atoms with van der Waals surface area (Å²) in [6, 6.07) is 5.40. The largest absolute Gasteiger partial charge is 0.356 e. The average molecular weight is 324 g/mol. The number of hydrogen-bond acceptors (Lipinski definition) is 2. The van der Waals surface area contributed by atoms with Gasteiger partial charge in [-0.25, -0.2) is 4.79 Å². The van der Waals surface area contributed by atoms with Crippen LogP contribution in [0.25, 0.3) is 0 Å². The molecule has 1 aliphatic rings. The number of benzene rings is 1. The maximum Gasteiger partial charge on any atom is 0.321 e. The van der Waals surface area contributed by atoms with Gasteiger partial charge in [-0.2, -0.15) is 0 Å². The summed E-state index contributed by atoms with van der Waals surface area (Å²) >= 11 is 6.15. The quantitative estimate of drug-likeness (QED) is 0.898. The molecule has 1 atom stereocenters. The van der Waals surface area contributed by atoms with E-state index in [1.807, 2.05) is 19.1 Å². The lowest BCUT2D eigenvalue weighted by Gasteiger charge is -2.33. The number of hydrogen-bond donors (Lipinski definition) is 2. The summed E-state index contributed by atoms with van der Waals surface area (Å²) in [6.07, 6.45) is 1.97. The summed E-state index contributed by atoms with van der Waals surface area (Å²) in [5.74, 6) is 0.268. The third-order valence-electron chi connectivity index (χ3n) is 3.90. The van der Waals surface area contributed by atoms with E-state index in [0.717, 1.165) is 24.9 Å². The van der Waals surface area contributed by atoms with Crippen LogP contribution in [0.5, 0.6) is 0 Å². The van der Waals surface area contributed by atoms with Gasteiger partial charge in [0.2, 0.25) is 5.91 Å². The molecular formula is C16H22ClN3O2. The second-order valence-corrected chi connectivity index (χ2v) is 6.16. The first-order valence-corrected chi connectivity index (χ1v) is 7.90. The van der Waals surface area contributed by atoms with Crippen LogP contribution in [0, 0.1) is 12.8 Å². The van der Waals surface area contributed by atoms with Crippen molar-refractivity contribution < 1.29 is 9.59 Å². The molecule has 1 saturated heterocycles. The van der Waals surface area contributed by atoms with Gasteiger partial charge < -0.3 is 15.5 Å². The first-order valence-electron chi connectivity index (χ1n) is 7.53. The predicted molar refractivity (Wildman–Crippen MR) is 88.2 cm³/mol. The number of anilines is 1. The monoisotopic (exact) mass is 323 g/mol. The number of para-hydroxylation sites is 1. The van der Waals surface area contributed by atoms with Gasteiger partial charge in [-0.1, -0.05) is 23.7 Å². The fourth-order valence-corrected chi connectivity index (χ4v) is 2.95. The Morgan fingerprint density at radius 1 is 1.41 bits per heavy atom. The van der Waals surface area contributed by atoms with Crippen LogP contribution in [0.15, 0.2) is 18.2 Å². The first kappa shape index (κ1) is 16.6. The molecule has 5 nitrogen and oxygen atoms in total. The van der Waals surface area contributed by atoms with Gasteiger partial charge in [-0.3, -0.25) is 4.79 Å². The molecule has 2 rings (SSSR count). The Kier molecular flexibility index (Phi) is 5.66. The number of amides is 3. The summed E-state index contributed by atoms with van der Waals surface area (Å²) in [4.78, 5) is 25.2. The molecule has 2 N–H and O–H groups in total. The minimum Gasteiger partial charge on any atom is -0.356 e. The fraction of sp³-hybridized carbons (Fsp3) is 0.500. The first-order chi connectivity index (χ1) is 10.5. The lowest BCUT2D eigenvalue weighted by atomic mass is 9.98. The summed E-state index contributed by atoms with van der Waals surface area (Å²) in [6.45, 7) is 5.41. The molecule has 0 aromatic heterocycles. The Bertz CT molecular complexity index is 542. The zero-order valence-corrected chi connectivity index (χ0v) is 13.7. The Labute approximate surface area is 136 Å². The number of piperidine rings is 1. The average Bonchev–Trinajstić information content (AvgIpc) is 2.49. The van der Waals surface area contributed by atoms with E-state index in [1.165, 1.54) is 6.92 Å². The van der Waals surface area contributed by atoms with Crippen LogP contribution in [-0.4, -0.2) is 36.5 Å². The van der Waals surface area contributed by atoms with E-state index < -0.39 is 0 Å². The second-order valence-electron chi connectivity index (χ2n) is 5.75. The molecule has 1 fully saturated rings. The summed E-state index contributed by atoms with van der Waals surface area (Å²) in [5.41, 5.74) is 1.60. The Balaban J connectivity index is 1.96. The van der Waals surface area contributed by atoms with Crippen molar-refractivity contribution in [1.29, 1.82) is 0 Å². The van der Waals surface area contributed by atoms with Gasteiger partial charge in [0.1, 0.15) is 0 Å². The van der Waals surface area contributed by atoms with Crippen LogP contribution < -0.4 is 10.6 Å². The van der Waals surface area contributed by atoms with Gasteiger partial charge in [0, 0.05) is 26.6 Å². The van der Waals surface area contributed by atoms with Crippen LogP contribution in [0.1, 0.15) is 25.3 Å². The molecule has 1 aliphatic heterocycles. The van der Waals surface area contributed by atoms with Crippen molar-refractivity contribution in [3.63, 3.8) is 0 Å². The van der Waals surface area contributed by atoms with E-state index in [0.29, 0.717) is 29.7 Å². The van der Waals surface area contributed by atoms with Gasteiger partial charge in [0.05, 0.1) is 10.7 Å². The van der Waals surface area contributed by atoms with E-state index in [4.69, 9.17) is 11.6 Å². The summed E-state index contributed by atoms with van der Waals surface area (Å²) in [7, 11) is 0. The van der Waals surface area contributed by atoms with Gasteiger partial charge in [-0.05, 0) is 37.3 Å². The van der Waals surface area contributed by atoms with E-state index in [1.54, 1.807) is 11.0 Å². The molecule has 1 aromatic carbocycles. The van der Waals surface area contributed by atoms with Crippen molar-refractivity contribution in [2.75, 3.05) is 25.0 Å². The number of nitrogens with one attached hydrogen (secondary N) is 2. The highest BCUT2D eigenvalue weighted by Crippen LogP contribution is 2.26. The molecule has 0 aliphatic carbocycles. The lowest BCUT2D eigenvalue weighted by Crippen LogP contribution is -2.45. The summed E-state index contributed by atoms with van der Waals surface area (Å²) in [5, 5.41) is 6.27. The molecule has 22 heavy (non-hydrogen) atoms. The number of nitrogens with zero attached hydrogens (tertiary/aromatic N) is 1.